The quantitative estimate of drug-likeness (QED) is 0.341. The second-order valence-electron chi connectivity index (χ2n) is 5.93. The van der Waals surface area contributed by atoms with Crippen molar-refractivity contribution in [2.24, 2.45) is 11.8 Å². The number of rotatable bonds is 9. The van der Waals surface area contributed by atoms with E-state index >= 15 is 0 Å². The first-order valence-electron chi connectivity index (χ1n) is 7.84. The van der Waals surface area contributed by atoms with Gasteiger partial charge in [-0.1, -0.05) is 31.6 Å². The summed E-state index contributed by atoms with van der Waals surface area (Å²) < 4.78 is 0. The molecule has 1 heteroatoms. The van der Waals surface area contributed by atoms with Crippen molar-refractivity contribution in [3.8, 4) is 0 Å². The highest BCUT2D eigenvalue weighted by Crippen LogP contribution is 2.36. The van der Waals surface area contributed by atoms with Crippen molar-refractivity contribution < 1.29 is 0 Å². The van der Waals surface area contributed by atoms with E-state index in [0.29, 0.717) is 0 Å². The van der Waals surface area contributed by atoms with Crippen LogP contribution in [0.2, 0.25) is 0 Å². The number of nitrogens with one attached hydrogen (secondary N) is 1. The van der Waals surface area contributed by atoms with Crippen LogP contribution in [0.3, 0.4) is 0 Å². The Morgan fingerprint density at radius 2 is 1.95 bits per heavy atom. The molecule has 2 atom stereocenters. The van der Waals surface area contributed by atoms with Gasteiger partial charge in [0.2, 0.25) is 0 Å². The van der Waals surface area contributed by atoms with Gasteiger partial charge >= 0.3 is 0 Å². The summed E-state index contributed by atoms with van der Waals surface area (Å²) in [4.78, 5) is 0. The minimum Gasteiger partial charge on any atom is -0.385 e. The summed E-state index contributed by atoms with van der Waals surface area (Å²) in [7, 11) is 0. The van der Waals surface area contributed by atoms with E-state index in [9.17, 15) is 0 Å². The molecule has 1 aliphatic rings. The number of allylic oxidation sites excluding steroid dienone is 3. The van der Waals surface area contributed by atoms with Gasteiger partial charge in [-0.05, 0) is 63.4 Å². The Morgan fingerprint density at radius 1 is 1.26 bits per heavy atom. The molecule has 0 aromatic carbocycles. The van der Waals surface area contributed by atoms with Crippen molar-refractivity contribution in [2.45, 2.75) is 58.8 Å². The number of hydrogen-bond acceptors (Lipinski definition) is 1. The summed E-state index contributed by atoms with van der Waals surface area (Å²) in [6, 6.07) is 0. The predicted molar refractivity (Wildman–Crippen MR) is 86.1 cm³/mol. The first-order valence-corrected chi connectivity index (χ1v) is 7.84. The van der Waals surface area contributed by atoms with Crippen LogP contribution in [0.15, 0.2) is 36.6 Å². The van der Waals surface area contributed by atoms with E-state index in [4.69, 9.17) is 0 Å². The standard InChI is InChI=1S/C18H31N/c1-5-7-9-17-11-12-18(14-17)10-8-13-19-16(4)15(3)6-2/h5-6,17-19H,1,4,7-14H2,2-3H3/b15-6+/t17-,18?/m1/s1. The summed E-state index contributed by atoms with van der Waals surface area (Å²) >= 11 is 0. The van der Waals surface area contributed by atoms with Crippen molar-refractivity contribution in [1.29, 1.82) is 0 Å². The number of hydrogen-bond donors (Lipinski definition) is 1. The van der Waals surface area contributed by atoms with E-state index < -0.39 is 0 Å². The molecule has 0 aromatic heterocycles. The molecule has 1 aliphatic carbocycles. The molecule has 0 bridgehead atoms. The maximum Gasteiger partial charge on any atom is 0.0293 e. The van der Waals surface area contributed by atoms with Gasteiger partial charge in [-0.15, -0.1) is 6.58 Å². The third-order valence-electron chi connectivity index (χ3n) is 4.47. The molecule has 0 amide bonds. The summed E-state index contributed by atoms with van der Waals surface area (Å²) in [5.74, 6) is 1.93. The highest BCUT2D eigenvalue weighted by molar-refractivity contribution is 5.23. The molecule has 1 rings (SSSR count). The van der Waals surface area contributed by atoms with Gasteiger partial charge in [0.15, 0.2) is 0 Å². The van der Waals surface area contributed by atoms with Crippen LogP contribution < -0.4 is 5.32 Å². The molecule has 0 heterocycles. The lowest BCUT2D eigenvalue weighted by atomic mass is 9.97. The second kappa shape index (κ2) is 9.01. The van der Waals surface area contributed by atoms with Crippen molar-refractivity contribution in [3.05, 3.63) is 36.6 Å². The van der Waals surface area contributed by atoms with E-state index in [1.807, 2.05) is 0 Å². The largest absolute Gasteiger partial charge is 0.385 e. The van der Waals surface area contributed by atoms with Crippen LogP contribution in [0.4, 0.5) is 0 Å². The molecule has 19 heavy (non-hydrogen) atoms. The normalized spacial score (nSPS) is 23.4. The Bertz CT molecular complexity index is 314. The van der Waals surface area contributed by atoms with Crippen molar-refractivity contribution in [3.63, 3.8) is 0 Å². The van der Waals surface area contributed by atoms with Crippen LogP contribution in [0.1, 0.15) is 58.8 Å². The van der Waals surface area contributed by atoms with Crippen molar-refractivity contribution in [2.75, 3.05) is 6.54 Å². The SMILES string of the molecule is C=CCC[C@@H]1CCC(CCCNC(=C)/C(C)=C/C)C1. The lowest BCUT2D eigenvalue weighted by molar-refractivity contribution is 0.437. The fraction of sp³-hybridized carbons (Fsp3) is 0.667. The zero-order valence-corrected chi connectivity index (χ0v) is 12.9. The van der Waals surface area contributed by atoms with Crippen LogP contribution in [0.25, 0.3) is 0 Å². The van der Waals surface area contributed by atoms with Gasteiger partial charge in [-0.2, -0.15) is 0 Å². The predicted octanol–water partition coefficient (Wildman–Crippen LogP) is 5.22. The fourth-order valence-corrected chi connectivity index (χ4v) is 3.00. The topological polar surface area (TPSA) is 12.0 Å². The van der Waals surface area contributed by atoms with Crippen molar-refractivity contribution >= 4 is 0 Å². The molecule has 0 aromatic rings. The highest BCUT2D eigenvalue weighted by atomic mass is 14.9. The summed E-state index contributed by atoms with van der Waals surface area (Å²) in [6.07, 6.45) is 13.7. The molecule has 108 valence electrons. The average molecular weight is 261 g/mol. The monoisotopic (exact) mass is 261 g/mol. The molecule has 0 radical (unpaired) electrons. The third-order valence-corrected chi connectivity index (χ3v) is 4.47. The second-order valence-corrected chi connectivity index (χ2v) is 5.93. The molecule has 1 unspecified atom stereocenters. The van der Waals surface area contributed by atoms with Gasteiger partial charge in [0.1, 0.15) is 0 Å². The van der Waals surface area contributed by atoms with Crippen LogP contribution in [0, 0.1) is 11.8 Å². The fourth-order valence-electron chi connectivity index (χ4n) is 3.00. The van der Waals surface area contributed by atoms with E-state index in [2.05, 4.69) is 44.5 Å². The maximum absolute atomic E-state index is 4.05. The first-order chi connectivity index (χ1) is 9.17. The lowest BCUT2D eigenvalue weighted by Crippen LogP contribution is -2.15. The van der Waals surface area contributed by atoms with E-state index in [1.165, 1.54) is 50.5 Å². The Balaban J connectivity index is 2.08. The molecule has 0 saturated heterocycles. The van der Waals surface area contributed by atoms with Gasteiger partial charge in [0.05, 0.1) is 0 Å². The summed E-state index contributed by atoms with van der Waals surface area (Å²) in [5, 5.41) is 3.43. The lowest BCUT2D eigenvalue weighted by Gasteiger charge is -2.13. The van der Waals surface area contributed by atoms with Crippen LogP contribution in [-0.4, -0.2) is 6.54 Å². The molecule has 1 saturated carbocycles. The van der Waals surface area contributed by atoms with Crippen LogP contribution in [-0.2, 0) is 0 Å². The highest BCUT2D eigenvalue weighted by Gasteiger charge is 2.23. The molecule has 1 nitrogen and oxygen atoms in total. The molecular weight excluding hydrogens is 230 g/mol. The summed E-state index contributed by atoms with van der Waals surface area (Å²) in [6.45, 7) is 13.1. The molecule has 0 aliphatic heterocycles. The smallest absolute Gasteiger partial charge is 0.0293 e. The maximum atomic E-state index is 4.05. The van der Waals surface area contributed by atoms with Gasteiger partial charge in [-0.3, -0.25) is 0 Å². The minimum absolute atomic E-state index is 0.965. The zero-order valence-electron chi connectivity index (χ0n) is 12.9. The Morgan fingerprint density at radius 3 is 2.58 bits per heavy atom. The minimum atomic E-state index is 0.965. The van der Waals surface area contributed by atoms with Gasteiger partial charge in [-0.25, -0.2) is 0 Å². The van der Waals surface area contributed by atoms with Crippen LogP contribution in [0.5, 0.6) is 0 Å². The molecule has 0 spiro atoms. The zero-order chi connectivity index (χ0) is 14.1. The van der Waals surface area contributed by atoms with E-state index in [-0.39, 0.29) is 0 Å². The van der Waals surface area contributed by atoms with E-state index in [0.717, 1.165) is 24.1 Å². The van der Waals surface area contributed by atoms with Crippen molar-refractivity contribution in [1.82, 2.24) is 5.32 Å². The Hall–Kier alpha value is -0.980. The summed E-state index contributed by atoms with van der Waals surface area (Å²) in [5.41, 5.74) is 2.34. The molecular formula is C18H31N. The van der Waals surface area contributed by atoms with Crippen LogP contribution >= 0.6 is 0 Å². The first kappa shape index (κ1) is 16.1. The van der Waals surface area contributed by atoms with Gasteiger partial charge in [0, 0.05) is 12.2 Å². The molecule has 1 fully saturated rings. The Labute approximate surface area is 119 Å². The van der Waals surface area contributed by atoms with Gasteiger partial charge < -0.3 is 5.32 Å². The van der Waals surface area contributed by atoms with Gasteiger partial charge in [0.25, 0.3) is 0 Å². The average Bonchev–Trinajstić information content (AvgIpc) is 2.88. The molecule has 1 N–H and O–H groups in total. The van der Waals surface area contributed by atoms with E-state index in [1.54, 1.807) is 0 Å². The third kappa shape index (κ3) is 6.13. The Kier molecular flexibility index (Phi) is 7.62.